The van der Waals surface area contributed by atoms with Gasteiger partial charge in [0.05, 0.1) is 0 Å². The molecule has 2 heterocycles. The van der Waals surface area contributed by atoms with Gasteiger partial charge in [0.25, 0.3) is 5.91 Å². The van der Waals surface area contributed by atoms with Crippen molar-refractivity contribution in [2.24, 2.45) is 7.05 Å². The molecule has 1 saturated heterocycles. The van der Waals surface area contributed by atoms with E-state index in [-0.39, 0.29) is 17.1 Å². The summed E-state index contributed by atoms with van der Waals surface area (Å²) in [5.41, 5.74) is -1.93. The lowest BCUT2D eigenvalue weighted by Crippen LogP contribution is -2.62. The van der Waals surface area contributed by atoms with Crippen LogP contribution in [0.5, 0.6) is 0 Å². The van der Waals surface area contributed by atoms with Gasteiger partial charge in [-0.1, -0.05) is 11.6 Å². The van der Waals surface area contributed by atoms with Gasteiger partial charge in [0.1, 0.15) is 5.02 Å². The van der Waals surface area contributed by atoms with E-state index in [4.69, 9.17) is 11.6 Å². The Kier molecular flexibility index (Phi) is 4.69. The molecule has 0 bridgehead atoms. The molecule has 0 saturated carbocycles. The summed E-state index contributed by atoms with van der Waals surface area (Å²) in [7, 11) is 1.11. The highest BCUT2D eigenvalue weighted by Crippen LogP contribution is 2.36. The molecule has 0 atom stereocenters. The monoisotopic (exact) mass is 366 g/mol. The minimum absolute atomic E-state index is 0.184. The van der Waals surface area contributed by atoms with Gasteiger partial charge in [-0.3, -0.25) is 9.48 Å². The fraction of sp³-hybridized carbons (Fsp3) is 0.733. The van der Waals surface area contributed by atoms with Gasteiger partial charge in [-0.25, -0.2) is 0 Å². The summed E-state index contributed by atoms with van der Waals surface area (Å²) in [4.78, 5) is 12.4. The zero-order valence-corrected chi connectivity index (χ0v) is 15.1. The van der Waals surface area contributed by atoms with E-state index >= 15 is 0 Å². The van der Waals surface area contributed by atoms with Crippen molar-refractivity contribution in [1.29, 1.82) is 0 Å². The van der Waals surface area contributed by atoms with Crippen LogP contribution >= 0.6 is 11.6 Å². The number of aryl methyl sites for hydroxylation is 1. The summed E-state index contributed by atoms with van der Waals surface area (Å²) in [5, 5.41) is 9.23. The van der Waals surface area contributed by atoms with E-state index in [1.54, 1.807) is 0 Å². The Morgan fingerprint density at radius 2 is 1.79 bits per heavy atom. The van der Waals surface area contributed by atoms with Gasteiger partial charge in [-0.05, 0) is 40.5 Å². The first-order chi connectivity index (χ1) is 10.7. The molecule has 0 aliphatic carbocycles. The van der Waals surface area contributed by atoms with Gasteiger partial charge < -0.3 is 10.6 Å². The standard InChI is InChI=1S/C15H22ClF3N4O/c1-13(2)6-8(7-14(3,4)22-13)20-12(24)10-9(16)11(15(17,18)19)23(5)21-10/h8,22H,6-7H2,1-5H3,(H,20,24). The van der Waals surface area contributed by atoms with Crippen LogP contribution in [0.1, 0.15) is 56.7 Å². The van der Waals surface area contributed by atoms with Crippen molar-refractivity contribution >= 4 is 17.5 Å². The molecular formula is C15H22ClF3N4O. The van der Waals surface area contributed by atoms with Crippen molar-refractivity contribution in [3.05, 3.63) is 16.4 Å². The van der Waals surface area contributed by atoms with E-state index < -0.39 is 28.5 Å². The number of carbonyl (C=O) groups excluding carboxylic acids is 1. The topological polar surface area (TPSA) is 59.0 Å². The Hall–Kier alpha value is -1.28. The Morgan fingerprint density at radius 3 is 2.21 bits per heavy atom. The predicted octanol–water partition coefficient (Wildman–Crippen LogP) is 3.13. The van der Waals surface area contributed by atoms with Crippen LogP contribution < -0.4 is 10.6 Å². The van der Waals surface area contributed by atoms with Crippen molar-refractivity contribution in [3.63, 3.8) is 0 Å². The van der Waals surface area contributed by atoms with Crippen LogP contribution in [0.15, 0.2) is 0 Å². The van der Waals surface area contributed by atoms with Crippen molar-refractivity contribution in [3.8, 4) is 0 Å². The molecule has 1 amide bonds. The quantitative estimate of drug-likeness (QED) is 0.845. The third-order valence-corrected chi connectivity index (χ3v) is 4.36. The van der Waals surface area contributed by atoms with Crippen LogP contribution in [0.2, 0.25) is 5.02 Å². The molecule has 9 heteroatoms. The third kappa shape index (κ3) is 4.03. The molecule has 136 valence electrons. The minimum Gasteiger partial charge on any atom is -0.348 e. The number of aromatic nitrogens is 2. The van der Waals surface area contributed by atoms with Crippen LogP contribution in [-0.2, 0) is 13.2 Å². The van der Waals surface area contributed by atoms with Crippen LogP contribution in [-0.4, -0.2) is 32.8 Å². The number of hydrogen-bond donors (Lipinski definition) is 2. The van der Waals surface area contributed by atoms with E-state index in [1.807, 2.05) is 27.7 Å². The third-order valence-electron chi connectivity index (χ3n) is 4.00. The summed E-state index contributed by atoms with van der Waals surface area (Å²) in [6, 6.07) is -0.184. The van der Waals surface area contributed by atoms with Gasteiger partial charge in [0.2, 0.25) is 0 Å². The average molecular weight is 367 g/mol. The van der Waals surface area contributed by atoms with Crippen LogP contribution in [0, 0.1) is 0 Å². The molecule has 0 spiro atoms. The van der Waals surface area contributed by atoms with E-state index in [1.165, 1.54) is 0 Å². The maximum absolute atomic E-state index is 13.0. The molecular weight excluding hydrogens is 345 g/mol. The lowest BCUT2D eigenvalue weighted by atomic mass is 9.79. The lowest BCUT2D eigenvalue weighted by Gasteiger charge is -2.46. The first-order valence-corrected chi connectivity index (χ1v) is 7.99. The number of hydrogen-bond acceptors (Lipinski definition) is 3. The number of rotatable bonds is 2. The van der Waals surface area contributed by atoms with Gasteiger partial charge in [-0.15, -0.1) is 0 Å². The molecule has 0 aromatic carbocycles. The second-order valence-electron chi connectivity index (χ2n) is 7.60. The summed E-state index contributed by atoms with van der Waals surface area (Å²) in [5.74, 6) is -0.690. The lowest BCUT2D eigenvalue weighted by molar-refractivity contribution is -0.143. The van der Waals surface area contributed by atoms with Crippen LogP contribution in [0.3, 0.4) is 0 Å². The molecule has 1 fully saturated rings. The van der Waals surface area contributed by atoms with Gasteiger partial charge in [0, 0.05) is 24.2 Å². The fourth-order valence-electron chi connectivity index (χ4n) is 3.63. The van der Waals surface area contributed by atoms with E-state index in [0.29, 0.717) is 17.5 Å². The highest BCUT2D eigenvalue weighted by Gasteiger charge is 2.41. The zero-order chi connectivity index (χ0) is 18.5. The molecule has 2 N–H and O–H groups in total. The number of piperidine rings is 1. The Balaban J connectivity index is 2.22. The fourth-order valence-corrected chi connectivity index (χ4v) is 3.98. The second-order valence-corrected chi connectivity index (χ2v) is 7.98. The summed E-state index contributed by atoms with van der Waals surface area (Å²) in [6.07, 6.45) is -3.37. The normalized spacial score (nSPS) is 20.9. The molecule has 2 rings (SSSR count). The van der Waals surface area contributed by atoms with Crippen LogP contribution in [0.25, 0.3) is 0 Å². The number of alkyl halides is 3. The van der Waals surface area contributed by atoms with Crippen molar-refractivity contribution < 1.29 is 18.0 Å². The summed E-state index contributed by atoms with van der Waals surface area (Å²) in [6.45, 7) is 8.07. The number of nitrogens with zero attached hydrogens (tertiary/aromatic N) is 2. The molecule has 1 aliphatic heterocycles. The molecule has 1 aromatic rings. The maximum Gasteiger partial charge on any atom is 0.434 e. The maximum atomic E-state index is 13.0. The number of carbonyl (C=O) groups is 1. The van der Waals surface area contributed by atoms with E-state index in [0.717, 1.165) is 7.05 Å². The minimum atomic E-state index is -4.67. The molecule has 1 aliphatic rings. The summed E-state index contributed by atoms with van der Waals surface area (Å²) >= 11 is 5.76. The van der Waals surface area contributed by atoms with Crippen molar-refractivity contribution in [2.75, 3.05) is 0 Å². The average Bonchev–Trinajstić information content (AvgIpc) is 2.59. The Labute approximate surface area is 143 Å². The zero-order valence-electron chi connectivity index (χ0n) is 14.3. The van der Waals surface area contributed by atoms with Gasteiger partial charge in [0.15, 0.2) is 11.4 Å². The number of amides is 1. The number of nitrogens with one attached hydrogen (secondary N) is 2. The number of halogens is 4. The molecule has 24 heavy (non-hydrogen) atoms. The smallest absolute Gasteiger partial charge is 0.348 e. The van der Waals surface area contributed by atoms with E-state index in [9.17, 15) is 18.0 Å². The van der Waals surface area contributed by atoms with Crippen molar-refractivity contribution in [1.82, 2.24) is 20.4 Å². The van der Waals surface area contributed by atoms with Gasteiger partial charge >= 0.3 is 6.18 Å². The largest absolute Gasteiger partial charge is 0.434 e. The highest BCUT2D eigenvalue weighted by atomic mass is 35.5. The molecule has 5 nitrogen and oxygen atoms in total. The van der Waals surface area contributed by atoms with Crippen LogP contribution in [0.4, 0.5) is 13.2 Å². The molecule has 1 aromatic heterocycles. The van der Waals surface area contributed by atoms with E-state index in [2.05, 4.69) is 15.7 Å². The SMILES string of the molecule is Cn1nc(C(=O)NC2CC(C)(C)NC(C)(C)C2)c(Cl)c1C(F)(F)F. The summed E-state index contributed by atoms with van der Waals surface area (Å²) < 4.78 is 39.5. The molecule has 0 radical (unpaired) electrons. The van der Waals surface area contributed by atoms with Gasteiger partial charge in [-0.2, -0.15) is 18.3 Å². The highest BCUT2D eigenvalue weighted by molar-refractivity contribution is 6.34. The predicted molar refractivity (Wildman–Crippen MR) is 85.0 cm³/mol. The first-order valence-electron chi connectivity index (χ1n) is 7.62. The Bertz CT molecular complexity index is 636. The second kappa shape index (κ2) is 5.91. The van der Waals surface area contributed by atoms with Crippen molar-refractivity contribution in [2.45, 2.75) is 63.8 Å². The Morgan fingerprint density at radius 1 is 1.29 bits per heavy atom. The molecule has 0 unspecified atom stereocenters. The first kappa shape index (κ1) is 19.1.